The van der Waals surface area contributed by atoms with E-state index >= 15 is 0 Å². The van der Waals surface area contributed by atoms with Crippen molar-refractivity contribution < 1.29 is 10.3 Å². The molecular weight excluding hydrogens is 184 g/mol. The van der Waals surface area contributed by atoms with Gasteiger partial charge in [-0.15, -0.1) is 10.1 Å². The minimum Gasteiger partial charge on any atom is -0.328 e. The van der Waals surface area contributed by atoms with Gasteiger partial charge in [-0.05, 0) is 12.1 Å². The zero-order valence-electron chi connectivity index (χ0n) is 7.20. The first-order valence-electron chi connectivity index (χ1n) is 3.83. The third-order valence-electron chi connectivity index (χ3n) is 1.51. The van der Waals surface area contributed by atoms with Crippen molar-refractivity contribution in [3.63, 3.8) is 0 Å². The van der Waals surface area contributed by atoms with E-state index in [1.165, 1.54) is 5.39 Å². The molecular formula is C9H8N2O3. The standard InChI is InChI=1S/C9H7N.HNO3/c1-2-6-9-8(4-1)5-3-7-10-9;2-1(3)4/h1-7H;(H,2,3,4). The zero-order valence-corrected chi connectivity index (χ0v) is 7.20. The van der Waals surface area contributed by atoms with Crippen LogP contribution in [0.4, 0.5) is 0 Å². The van der Waals surface area contributed by atoms with Gasteiger partial charge in [-0.25, -0.2) is 0 Å². The molecule has 72 valence electrons. The van der Waals surface area contributed by atoms with Crippen LogP contribution in [0.1, 0.15) is 0 Å². The van der Waals surface area contributed by atoms with Crippen molar-refractivity contribution in [1.29, 1.82) is 0 Å². The van der Waals surface area contributed by atoms with Crippen LogP contribution < -0.4 is 0 Å². The molecule has 1 aromatic heterocycles. The van der Waals surface area contributed by atoms with E-state index in [1.54, 1.807) is 0 Å². The van der Waals surface area contributed by atoms with E-state index in [4.69, 9.17) is 15.3 Å². The average Bonchev–Trinajstić information content (AvgIpc) is 2.17. The van der Waals surface area contributed by atoms with Gasteiger partial charge in [-0.2, -0.15) is 0 Å². The summed E-state index contributed by atoms with van der Waals surface area (Å²) in [5, 5.41) is 14.8. The van der Waals surface area contributed by atoms with Gasteiger partial charge < -0.3 is 5.21 Å². The molecule has 0 fully saturated rings. The summed E-state index contributed by atoms with van der Waals surface area (Å²) in [4.78, 5) is 12.5. The zero-order chi connectivity index (χ0) is 10.4. The molecule has 0 atom stereocenters. The number of benzene rings is 1. The highest BCUT2D eigenvalue weighted by atomic mass is 16.9. The largest absolute Gasteiger partial charge is 0.328 e. The van der Waals surface area contributed by atoms with Gasteiger partial charge in [0, 0.05) is 11.6 Å². The lowest BCUT2D eigenvalue weighted by Crippen LogP contribution is -1.81. The Morgan fingerprint density at radius 1 is 1.21 bits per heavy atom. The molecule has 14 heavy (non-hydrogen) atoms. The lowest BCUT2D eigenvalue weighted by atomic mass is 10.2. The van der Waals surface area contributed by atoms with Crippen LogP contribution in [-0.4, -0.2) is 15.3 Å². The summed E-state index contributed by atoms with van der Waals surface area (Å²) >= 11 is 0. The van der Waals surface area contributed by atoms with Crippen molar-refractivity contribution >= 4 is 10.9 Å². The van der Waals surface area contributed by atoms with Crippen molar-refractivity contribution in [1.82, 2.24) is 4.98 Å². The summed E-state index contributed by atoms with van der Waals surface area (Å²) in [6.45, 7) is 0. The van der Waals surface area contributed by atoms with Crippen molar-refractivity contribution in [3.8, 4) is 0 Å². The Hall–Kier alpha value is -2.17. The maximum absolute atomic E-state index is 8.36. The summed E-state index contributed by atoms with van der Waals surface area (Å²) < 4.78 is 0. The van der Waals surface area contributed by atoms with Crippen LogP contribution in [-0.2, 0) is 0 Å². The van der Waals surface area contributed by atoms with E-state index in [0.717, 1.165) is 5.52 Å². The van der Waals surface area contributed by atoms with Crippen LogP contribution >= 0.6 is 0 Å². The predicted molar refractivity (Wildman–Crippen MR) is 50.5 cm³/mol. The second-order valence-corrected chi connectivity index (χ2v) is 2.43. The number of hydrogen-bond acceptors (Lipinski definition) is 3. The lowest BCUT2D eigenvalue weighted by Gasteiger charge is -1.91. The van der Waals surface area contributed by atoms with E-state index in [9.17, 15) is 0 Å². The van der Waals surface area contributed by atoms with E-state index in [0.29, 0.717) is 0 Å². The van der Waals surface area contributed by atoms with Gasteiger partial charge in [0.15, 0.2) is 0 Å². The fourth-order valence-corrected chi connectivity index (χ4v) is 1.02. The molecule has 0 unspecified atom stereocenters. The predicted octanol–water partition coefficient (Wildman–Crippen LogP) is 1.89. The first kappa shape index (κ1) is 9.91. The van der Waals surface area contributed by atoms with Crippen molar-refractivity contribution in [2.24, 2.45) is 0 Å². The smallest absolute Gasteiger partial charge is 0.291 e. The molecule has 0 aliphatic heterocycles. The highest BCUT2D eigenvalue weighted by Crippen LogP contribution is 2.07. The minimum atomic E-state index is -1.50. The molecule has 1 aromatic carbocycles. The van der Waals surface area contributed by atoms with Gasteiger partial charge >= 0.3 is 0 Å². The number of para-hydroxylation sites is 1. The normalized spacial score (nSPS) is 8.86. The fraction of sp³-hybridized carbons (Fsp3) is 0. The Bertz CT molecular complexity index is 362. The van der Waals surface area contributed by atoms with Gasteiger partial charge in [0.2, 0.25) is 0 Å². The number of fused-ring (bicyclic) bond motifs is 1. The Balaban J connectivity index is 0.000000213. The third-order valence-corrected chi connectivity index (χ3v) is 1.51. The molecule has 2 aromatic rings. The van der Waals surface area contributed by atoms with Crippen LogP contribution in [0.15, 0.2) is 42.6 Å². The molecule has 0 bridgehead atoms. The van der Waals surface area contributed by atoms with Crippen LogP contribution in [0.2, 0.25) is 0 Å². The maximum atomic E-state index is 8.36. The van der Waals surface area contributed by atoms with Crippen LogP contribution in [0.5, 0.6) is 0 Å². The monoisotopic (exact) mass is 192 g/mol. The summed E-state index contributed by atoms with van der Waals surface area (Å²) in [5.41, 5.74) is 1.06. The first-order valence-corrected chi connectivity index (χ1v) is 3.83. The van der Waals surface area contributed by atoms with Gasteiger partial charge in [0.05, 0.1) is 5.52 Å². The molecule has 0 aliphatic carbocycles. The van der Waals surface area contributed by atoms with E-state index < -0.39 is 5.09 Å². The van der Waals surface area contributed by atoms with Gasteiger partial charge in [0.1, 0.15) is 0 Å². The quantitative estimate of drug-likeness (QED) is 0.510. The second kappa shape index (κ2) is 4.76. The lowest BCUT2D eigenvalue weighted by molar-refractivity contribution is -0.742. The third kappa shape index (κ3) is 3.06. The summed E-state index contributed by atoms with van der Waals surface area (Å²) in [6, 6.07) is 12.1. The molecule has 1 N–H and O–H groups in total. The van der Waals surface area contributed by atoms with Crippen molar-refractivity contribution in [3.05, 3.63) is 52.7 Å². The minimum absolute atomic E-state index is 1.06. The topological polar surface area (TPSA) is 76.3 Å². The SMILES string of the molecule is O=[N+]([O-])O.c1ccc2ncccc2c1. The number of pyridine rings is 1. The van der Waals surface area contributed by atoms with Gasteiger partial charge in [0.25, 0.3) is 5.09 Å². The van der Waals surface area contributed by atoms with Crippen LogP contribution in [0.3, 0.4) is 0 Å². The molecule has 5 heteroatoms. The Labute approximate surface area is 79.7 Å². The van der Waals surface area contributed by atoms with E-state index in [2.05, 4.69) is 17.1 Å². The van der Waals surface area contributed by atoms with Crippen LogP contribution in [0.25, 0.3) is 10.9 Å². The highest BCUT2D eigenvalue weighted by molar-refractivity contribution is 5.77. The molecule has 0 radical (unpaired) electrons. The molecule has 2 rings (SSSR count). The highest BCUT2D eigenvalue weighted by Gasteiger charge is 1.86. The Morgan fingerprint density at radius 3 is 2.43 bits per heavy atom. The summed E-state index contributed by atoms with van der Waals surface area (Å²) in [6.07, 6.45) is 1.81. The molecule has 0 saturated heterocycles. The molecule has 0 saturated carbocycles. The summed E-state index contributed by atoms with van der Waals surface area (Å²) in [5.74, 6) is 0. The average molecular weight is 192 g/mol. The Morgan fingerprint density at radius 2 is 1.79 bits per heavy atom. The van der Waals surface area contributed by atoms with Crippen molar-refractivity contribution in [2.75, 3.05) is 0 Å². The van der Waals surface area contributed by atoms with Gasteiger partial charge in [-0.1, -0.05) is 24.3 Å². The van der Waals surface area contributed by atoms with Crippen LogP contribution in [0, 0.1) is 10.1 Å². The first-order chi connectivity index (χ1) is 6.70. The molecule has 1 heterocycles. The molecule has 0 spiro atoms. The molecule has 5 nitrogen and oxygen atoms in total. The maximum Gasteiger partial charge on any atom is 0.291 e. The van der Waals surface area contributed by atoms with E-state index in [1.807, 2.05) is 30.5 Å². The molecule has 0 aliphatic rings. The Kier molecular flexibility index (Phi) is 3.37. The second-order valence-electron chi connectivity index (χ2n) is 2.43. The van der Waals surface area contributed by atoms with Gasteiger partial charge in [-0.3, -0.25) is 4.98 Å². The van der Waals surface area contributed by atoms with E-state index in [-0.39, 0.29) is 0 Å². The number of nitrogens with zero attached hydrogens (tertiary/aromatic N) is 2. The molecule has 0 amide bonds. The number of rotatable bonds is 0. The fourth-order valence-electron chi connectivity index (χ4n) is 1.02. The summed E-state index contributed by atoms with van der Waals surface area (Å²) in [7, 11) is 0. The number of hydrogen-bond donors (Lipinski definition) is 1. The number of aromatic nitrogens is 1. The van der Waals surface area contributed by atoms with Crippen molar-refractivity contribution in [2.45, 2.75) is 0 Å².